The van der Waals surface area contributed by atoms with Gasteiger partial charge in [0.1, 0.15) is 11.1 Å². The number of rotatable bonds is 4. The Morgan fingerprint density at radius 3 is 3.00 bits per heavy atom. The number of nitrogens with two attached hydrogens (primary N) is 1. The van der Waals surface area contributed by atoms with Crippen molar-refractivity contribution >= 4 is 17.2 Å². The van der Waals surface area contributed by atoms with Crippen LogP contribution in [-0.4, -0.2) is 30.4 Å². The molecule has 3 nitrogen and oxygen atoms in total. The Morgan fingerprint density at radius 2 is 2.46 bits per heavy atom. The minimum atomic E-state index is -0.138. The highest BCUT2D eigenvalue weighted by Crippen LogP contribution is 2.13. The van der Waals surface area contributed by atoms with Crippen molar-refractivity contribution in [2.45, 2.75) is 38.4 Å². The molecule has 13 heavy (non-hydrogen) atoms. The maximum Gasteiger partial charge on any atom is 0.105 e. The van der Waals surface area contributed by atoms with Gasteiger partial charge in [0, 0.05) is 6.61 Å². The summed E-state index contributed by atoms with van der Waals surface area (Å²) in [6.45, 7) is 3.33. The molecule has 1 heterocycles. The molecule has 0 aromatic carbocycles. The van der Waals surface area contributed by atoms with Crippen molar-refractivity contribution in [2.75, 3.05) is 13.2 Å². The predicted molar refractivity (Wildman–Crippen MR) is 55.8 cm³/mol. The number of hydrogen-bond acceptors (Lipinski definition) is 3. The van der Waals surface area contributed by atoms with E-state index in [0.29, 0.717) is 11.6 Å². The Morgan fingerprint density at radius 1 is 1.69 bits per heavy atom. The van der Waals surface area contributed by atoms with Crippen LogP contribution in [0.15, 0.2) is 0 Å². The molecule has 0 aromatic heterocycles. The first kappa shape index (κ1) is 10.9. The molecule has 0 spiro atoms. The Hall–Kier alpha value is -0.190. The number of thiocarbonyl (C=S) groups is 1. The molecule has 2 atom stereocenters. The molecule has 1 saturated heterocycles. The van der Waals surface area contributed by atoms with E-state index in [1.807, 2.05) is 6.92 Å². The third-order valence-corrected chi connectivity index (χ3v) is 2.54. The Kier molecular flexibility index (Phi) is 4.62. The zero-order chi connectivity index (χ0) is 9.68. The maximum absolute atomic E-state index is 5.50. The fraction of sp³-hybridized carbons (Fsp3) is 0.889. The Labute approximate surface area is 84.6 Å². The van der Waals surface area contributed by atoms with Gasteiger partial charge in [-0.2, -0.15) is 0 Å². The fourth-order valence-corrected chi connectivity index (χ4v) is 1.34. The summed E-state index contributed by atoms with van der Waals surface area (Å²) < 4.78 is 11.0. The van der Waals surface area contributed by atoms with Crippen LogP contribution >= 0.6 is 12.2 Å². The van der Waals surface area contributed by atoms with Crippen LogP contribution in [0.4, 0.5) is 0 Å². The van der Waals surface area contributed by atoms with Crippen molar-refractivity contribution in [1.29, 1.82) is 0 Å². The molecular formula is C9H17NO2S. The zero-order valence-electron chi connectivity index (χ0n) is 7.99. The van der Waals surface area contributed by atoms with E-state index in [1.54, 1.807) is 0 Å². The van der Waals surface area contributed by atoms with Gasteiger partial charge in [-0.25, -0.2) is 0 Å². The molecule has 0 aliphatic carbocycles. The van der Waals surface area contributed by atoms with Crippen molar-refractivity contribution in [3.8, 4) is 0 Å². The van der Waals surface area contributed by atoms with Gasteiger partial charge in [0.2, 0.25) is 0 Å². The average molecular weight is 203 g/mol. The molecule has 2 N–H and O–H groups in total. The third kappa shape index (κ3) is 4.02. The molecular weight excluding hydrogens is 186 g/mol. The standard InChI is InChI=1S/C9H17NO2S/c1-7(9(10)13)12-6-8-4-2-3-5-11-8/h7-8H,2-6H2,1H3,(H2,10,13). The average Bonchev–Trinajstić information content (AvgIpc) is 2.15. The molecule has 4 heteroatoms. The molecule has 0 bridgehead atoms. The van der Waals surface area contributed by atoms with E-state index in [0.717, 1.165) is 13.0 Å². The van der Waals surface area contributed by atoms with Crippen LogP contribution in [-0.2, 0) is 9.47 Å². The Bertz CT molecular complexity index is 169. The second-order valence-electron chi connectivity index (χ2n) is 3.37. The summed E-state index contributed by atoms with van der Waals surface area (Å²) in [5.74, 6) is 0. The molecule has 1 rings (SSSR count). The lowest BCUT2D eigenvalue weighted by molar-refractivity contribution is -0.0468. The first-order valence-electron chi connectivity index (χ1n) is 4.72. The summed E-state index contributed by atoms with van der Waals surface area (Å²) in [6, 6.07) is 0. The van der Waals surface area contributed by atoms with Crippen LogP contribution in [0.25, 0.3) is 0 Å². The normalized spacial score (nSPS) is 25.5. The van der Waals surface area contributed by atoms with Crippen molar-refractivity contribution in [3.05, 3.63) is 0 Å². The van der Waals surface area contributed by atoms with E-state index in [1.165, 1.54) is 12.8 Å². The van der Waals surface area contributed by atoms with Gasteiger partial charge in [-0.05, 0) is 26.2 Å². The molecule has 0 aromatic rings. The zero-order valence-corrected chi connectivity index (χ0v) is 8.81. The van der Waals surface area contributed by atoms with Crippen LogP contribution in [0.1, 0.15) is 26.2 Å². The molecule has 0 radical (unpaired) electrons. The van der Waals surface area contributed by atoms with E-state index in [9.17, 15) is 0 Å². The van der Waals surface area contributed by atoms with Gasteiger partial charge in [-0.15, -0.1) is 0 Å². The van der Waals surface area contributed by atoms with Crippen molar-refractivity contribution in [1.82, 2.24) is 0 Å². The van der Waals surface area contributed by atoms with Crippen molar-refractivity contribution < 1.29 is 9.47 Å². The highest BCUT2D eigenvalue weighted by molar-refractivity contribution is 7.80. The Balaban J connectivity index is 2.13. The largest absolute Gasteiger partial charge is 0.391 e. The second-order valence-corrected chi connectivity index (χ2v) is 3.84. The van der Waals surface area contributed by atoms with E-state index in [4.69, 9.17) is 27.4 Å². The van der Waals surface area contributed by atoms with Gasteiger partial charge in [-0.3, -0.25) is 0 Å². The minimum Gasteiger partial charge on any atom is -0.391 e. The van der Waals surface area contributed by atoms with Gasteiger partial charge >= 0.3 is 0 Å². The van der Waals surface area contributed by atoms with Crippen molar-refractivity contribution in [3.63, 3.8) is 0 Å². The smallest absolute Gasteiger partial charge is 0.105 e. The quantitative estimate of drug-likeness (QED) is 0.698. The highest BCUT2D eigenvalue weighted by Gasteiger charge is 2.15. The van der Waals surface area contributed by atoms with E-state index in [2.05, 4.69) is 0 Å². The van der Waals surface area contributed by atoms with Crippen LogP contribution < -0.4 is 5.73 Å². The van der Waals surface area contributed by atoms with Gasteiger partial charge in [0.05, 0.1) is 12.7 Å². The summed E-state index contributed by atoms with van der Waals surface area (Å²) in [5, 5.41) is 0. The first-order valence-corrected chi connectivity index (χ1v) is 5.13. The molecule has 2 unspecified atom stereocenters. The predicted octanol–water partition coefficient (Wildman–Crippen LogP) is 1.25. The molecule has 1 fully saturated rings. The van der Waals surface area contributed by atoms with Crippen LogP contribution in [0.3, 0.4) is 0 Å². The lowest BCUT2D eigenvalue weighted by Gasteiger charge is -2.23. The van der Waals surface area contributed by atoms with E-state index in [-0.39, 0.29) is 12.2 Å². The summed E-state index contributed by atoms with van der Waals surface area (Å²) in [7, 11) is 0. The molecule has 1 aliphatic heterocycles. The second kappa shape index (κ2) is 5.52. The SMILES string of the molecule is CC(OCC1CCCCO1)C(N)=S. The van der Waals surface area contributed by atoms with Gasteiger partial charge in [0.25, 0.3) is 0 Å². The first-order chi connectivity index (χ1) is 6.20. The summed E-state index contributed by atoms with van der Waals surface area (Å²) in [6.07, 6.45) is 3.59. The summed E-state index contributed by atoms with van der Waals surface area (Å²) in [4.78, 5) is 0.413. The van der Waals surface area contributed by atoms with E-state index < -0.39 is 0 Å². The van der Waals surface area contributed by atoms with Crippen LogP contribution in [0, 0.1) is 0 Å². The van der Waals surface area contributed by atoms with Gasteiger partial charge in [-0.1, -0.05) is 12.2 Å². The van der Waals surface area contributed by atoms with Gasteiger partial charge in [0.15, 0.2) is 0 Å². The third-order valence-electron chi connectivity index (χ3n) is 2.21. The summed E-state index contributed by atoms with van der Waals surface area (Å²) >= 11 is 4.80. The lowest BCUT2D eigenvalue weighted by atomic mass is 10.1. The maximum atomic E-state index is 5.50. The molecule has 76 valence electrons. The molecule has 0 amide bonds. The topological polar surface area (TPSA) is 44.5 Å². The van der Waals surface area contributed by atoms with Crippen LogP contribution in [0.2, 0.25) is 0 Å². The molecule has 1 aliphatic rings. The van der Waals surface area contributed by atoms with Crippen molar-refractivity contribution in [2.24, 2.45) is 5.73 Å². The van der Waals surface area contributed by atoms with Gasteiger partial charge < -0.3 is 15.2 Å². The monoisotopic (exact) mass is 203 g/mol. The lowest BCUT2D eigenvalue weighted by Crippen LogP contribution is -2.32. The molecule has 0 saturated carbocycles. The highest BCUT2D eigenvalue weighted by atomic mass is 32.1. The number of ether oxygens (including phenoxy) is 2. The van der Waals surface area contributed by atoms with Crippen LogP contribution in [0.5, 0.6) is 0 Å². The summed E-state index contributed by atoms with van der Waals surface area (Å²) in [5.41, 5.74) is 5.42. The number of hydrogen-bond donors (Lipinski definition) is 1. The van der Waals surface area contributed by atoms with E-state index >= 15 is 0 Å². The fourth-order valence-electron chi connectivity index (χ4n) is 1.27. The minimum absolute atomic E-state index is 0.138.